The zero-order valence-corrected chi connectivity index (χ0v) is 10.3. The summed E-state index contributed by atoms with van der Waals surface area (Å²) < 4.78 is 5.56. The van der Waals surface area contributed by atoms with Gasteiger partial charge in [-0.15, -0.1) is 0 Å². The lowest BCUT2D eigenvalue weighted by atomic mass is 10.1. The molecule has 17 heavy (non-hydrogen) atoms. The lowest BCUT2D eigenvalue weighted by Gasteiger charge is -2.13. The summed E-state index contributed by atoms with van der Waals surface area (Å²) in [7, 11) is 3.55. The highest BCUT2D eigenvalue weighted by Gasteiger charge is 2.22. The number of fused-ring (bicyclic) bond motifs is 1. The van der Waals surface area contributed by atoms with E-state index < -0.39 is 0 Å². The van der Waals surface area contributed by atoms with Gasteiger partial charge in [-0.05, 0) is 6.07 Å². The first kappa shape index (κ1) is 11.9. The Morgan fingerprint density at radius 3 is 3.00 bits per heavy atom. The fraction of sp³-hybridized carbons (Fsp3) is 0.462. The van der Waals surface area contributed by atoms with Crippen molar-refractivity contribution < 1.29 is 9.53 Å². The lowest BCUT2D eigenvalue weighted by molar-refractivity contribution is -0.128. The van der Waals surface area contributed by atoms with Crippen molar-refractivity contribution in [2.24, 2.45) is 0 Å². The average Bonchev–Trinajstić information content (AvgIpc) is 2.72. The van der Waals surface area contributed by atoms with Crippen LogP contribution in [0.5, 0.6) is 5.75 Å². The fourth-order valence-electron chi connectivity index (χ4n) is 1.91. The molecule has 0 aliphatic carbocycles. The number of rotatable bonds is 4. The van der Waals surface area contributed by atoms with Crippen LogP contribution >= 0.6 is 0 Å². The van der Waals surface area contributed by atoms with E-state index in [1.807, 2.05) is 18.2 Å². The zero-order chi connectivity index (χ0) is 12.3. The Bertz CT molecular complexity index is 404. The molecule has 2 rings (SSSR count). The Kier molecular flexibility index (Phi) is 3.64. The van der Waals surface area contributed by atoms with E-state index in [9.17, 15) is 4.79 Å². The van der Waals surface area contributed by atoms with Gasteiger partial charge in [0.25, 0.3) is 0 Å². The topological polar surface area (TPSA) is 41.6 Å². The summed E-state index contributed by atoms with van der Waals surface area (Å²) in [6, 6.07) is 8.22. The van der Waals surface area contributed by atoms with E-state index in [2.05, 4.69) is 11.4 Å². The van der Waals surface area contributed by atoms with Crippen molar-refractivity contribution in [1.82, 2.24) is 10.2 Å². The van der Waals surface area contributed by atoms with Gasteiger partial charge in [0, 0.05) is 32.6 Å². The van der Waals surface area contributed by atoms with Gasteiger partial charge in [0.1, 0.15) is 12.4 Å². The molecule has 1 amide bonds. The van der Waals surface area contributed by atoms with Gasteiger partial charge >= 0.3 is 0 Å². The number of ether oxygens (including phenoxy) is 1. The summed E-state index contributed by atoms with van der Waals surface area (Å²) >= 11 is 0. The van der Waals surface area contributed by atoms with Gasteiger partial charge in [-0.2, -0.15) is 0 Å². The first-order valence-corrected chi connectivity index (χ1v) is 5.84. The molecule has 0 aromatic heterocycles. The average molecular weight is 234 g/mol. The largest absolute Gasteiger partial charge is 0.491 e. The Morgan fingerprint density at radius 1 is 1.47 bits per heavy atom. The van der Waals surface area contributed by atoms with Crippen LogP contribution in [-0.4, -0.2) is 38.1 Å². The van der Waals surface area contributed by atoms with E-state index in [1.165, 1.54) is 5.56 Å². The van der Waals surface area contributed by atoms with Gasteiger partial charge in [0.05, 0.1) is 6.04 Å². The number of para-hydroxylation sites is 1. The molecule has 0 saturated carbocycles. The SMILES string of the molecule is CN(C)C(=O)CCNC1COc2ccccc21. The first-order chi connectivity index (χ1) is 8.18. The first-order valence-electron chi connectivity index (χ1n) is 5.84. The molecule has 1 aromatic carbocycles. The van der Waals surface area contributed by atoms with E-state index in [0.29, 0.717) is 19.6 Å². The Hall–Kier alpha value is -1.55. The maximum Gasteiger partial charge on any atom is 0.223 e. The molecule has 0 bridgehead atoms. The molecule has 1 aliphatic rings. The predicted octanol–water partition coefficient (Wildman–Crippen LogP) is 1.19. The summed E-state index contributed by atoms with van der Waals surface area (Å²) in [5, 5.41) is 3.35. The predicted molar refractivity (Wildman–Crippen MR) is 66.0 cm³/mol. The lowest BCUT2D eigenvalue weighted by Crippen LogP contribution is -2.29. The molecular formula is C13H18N2O2. The minimum atomic E-state index is 0.143. The Labute approximate surface area is 102 Å². The van der Waals surface area contributed by atoms with Crippen LogP contribution in [0.15, 0.2) is 24.3 Å². The van der Waals surface area contributed by atoms with Gasteiger partial charge in [-0.3, -0.25) is 4.79 Å². The molecule has 1 heterocycles. The third kappa shape index (κ3) is 2.77. The number of carbonyl (C=O) groups excluding carboxylic acids is 1. The fourth-order valence-corrected chi connectivity index (χ4v) is 1.91. The Balaban J connectivity index is 1.84. The van der Waals surface area contributed by atoms with Crippen LogP contribution in [0.3, 0.4) is 0 Å². The van der Waals surface area contributed by atoms with Crippen LogP contribution in [0.4, 0.5) is 0 Å². The van der Waals surface area contributed by atoms with E-state index in [1.54, 1.807) is 19.0 Å². The second kappa shape index (κ2) is 5.19. The second-order valence-electron chi connectivity index (χ2n) is 4.39. The summed E-state index contributed by atoms with van der Waals surface area (Å²) in [5.74, 6) is 1.09. The number of nitrogens with one attached hydrogen (secondary N) is 1. The van der Waals surface area contributed by atoms with Crippen molar-refractivity contribution >= 4 is 5.91 Å². The molecule has 0 spiro atoms. The minimum Gasteiger partial charge on any atom is -0.491 e. The highest BCUT2D eigenvalue weighted by atomic mass is 16.5. The molecule has 1 aromatic rings. The number of nitrogens with zero attached hydrogens (tertiary/aromatic N) is 1. The molecule has 1 atom stereocenters. The van der Waals surface area contributed by atoms with E-state index in [-0.39, 0.29) is 11.9 Å². The molecule has 1 aliphatic heterocycles. The van der Waals surface area contributed by atoms with Crippen molar-refractivity contribution in [2.75, 3.05) is 27.2 Å². The highest BCUT2D eigenvalue weighted by molar-refractivity contribution is 5.75. The summed E-state index contributed by atoms with van der Waals surface area (Å²) in [4.78, 5) is 13.0. The monoisotopic (exact) mass is 234 g/mol. The molecule has 92 valence electrons. The maximum atomic E-state index is 11.4. The summed E-state index contributed by atoms with van der Waals surface area (Å²) in [6.07, 6.45) is 0.520. The summed E-state index contributed by atoms with van der Waals surface area (Å²) in [5.41, 5.74) is 1.19. The number of benzene rings is 1. The highest BCUT2D eigenvalue weighted by Crippen LogP contribution is 2.31. The van der Waals surface area contributed by atoms with Crippen LogP contribution in [0.1, 0.15) is 18.0 Å². The minimum absolute atomic E-state index is 0.143. The van der Waals surface area contributed by atoms with Crippen molar-refractivity contribution in [2.45, 2.75) is 12.5 Å². The molecule has 1 unspecified atom stereocenters. The van der Waals surface area contributed by atoms with Gasteiger partial charge in [-0.1, -0.05) is 18.2 Å². The number of hydrogen-bond donors (Lipinski definition) is 1. The third-order valence-corrected chi connectivity index (χ3v) is 2.93. The normalized spacial score (nSPS) is 17.4. The smallest absolute Gasteiger partial charge is 0.223 e. The van der Waals surface area contributed by atoms with E-state index >= 15 is 0 Å². The van der Waals surface area contributed by atoms with Gasteiger partial charge < -0.3 is 15.0 Å². The maximum absolute atomic E-state index is 11.4. The van der Waals surface area contributed by atoms with Crippen LogP contribution in [0.2, 0.25) is 0 Å². The van der Waals surface area contributed by atoms with Crippen molar-refractivity contribution in [3.63, 3.8) is 0 Å². The van der Waals surface area contributed by atoms with Gasteiger partial charge in [0.2, 0.25) is 5.91 Å². The van der Waals surface area contributed by atoms with Crippen LogP contribution in [0, 0.1) is 0 Å². The van der Waals surface area contributed by atoms with E-state index in [4.69, 9.17) is 4.74 Å². The quantitative estimate of drug-likeness (QED) is 0.850. The molecule has 4 heteroatoms. The molecule has 1 N–H and O–H groups in total. The van der Waals surface area contributed by atoms with Crippen LogP contribution in [0.25, 0.3) is 0 Å². The summed E-state index contributed by atoms with van der Waals surface area (Å²) in [6.45, 7) is 1.33. The molecule has 0 radical (unpaired) electrons. The standard InChI is InChI=1S/C13H18N2O2/c1-15(2)13(16)7-8-14-11-9-17-12-6-4-3-5-10(11)12/h3-6,11,14H,7-9H2,1-2H3. The van der Waals surface area contributed by atoms with Gasteiger partial charge in [0.15, 0.2) is 0 Å². The molecule has 0 saturated heterocycles. The number of carbonyl (C=O) groups is 1. The zero-order valence-electron chi connectivity index (χ0n) is 10.3. The molecular weight excluding hydrogens is 216 g/mol. The molecule has 4 nitrogen and oxygen atoms in total. The number of amides is 1. The third-order valence-electron chi connectivity index (χ3n) is 2.93. The molecule has 0 fully saturated rings. The Morgan fingerprint density at radius 2 is 2.24 bits per heavy atom. The van der Waals surface area contributed by atoms with Gasteiger partial charge in [-0.25, -0.2) is 0 Å². The van der Waals surface area contributed by atoms with Crippen LogP contribution < -0.4 is 10.1 Å². The van der Waals surface area contributed by atoms with Crippen LogP contribution in [-0.2, 0) is 4.79 Å². The number of hydrogen-bond acceptors (Lipinski definition) is 3. The van der Waals surface area contributed by atoms with E-state index in [0.717, 1.165) is 5.75 Å². The second-order valence-corrected chi connectivity index (χ2v) is 4.39. The van der Waals surface area contributed by atoms with Crippen molar-refractivity contribution in [3.05, 3.63) is 29.8 Å². The van der Waals surface area contributed by atoms with Crippen molar-refractivity contribution in [1.29, 1.82) is 0 Å². The van der Waals surface area contributed by atoms with Crippen molar-refractivity contribution in [3.8, 4) is 5.75 Å².